The Kier molecular flexibility index (Phi) is 4.08. The average molecular weight is 291 g/mol. The predicted molar refractivity (Wildman–Crippen MR) is 77.1 cm³/mol. The van der Waals surface area contributed by atoms with Crippen LogP contribution in [0.25, 0.3) is 10.9 Å². The van der Waals surface area contributed by atoms with Crippen LogP contribution in [0.5, 0.6) is 0 Å². The Morgan fingerprint density at radius 3 is 2.55 bits per heavy atom. The van der Waals surface area contributed by atoms with Crippen molar-refractivity contribution in [1.29, 1.82) is 15.8 Å². The number of carbonyl (C=O) groups is 1. The third kappa shape index (κ3) is 2.58. The van der Waals surface area contributed by atoms with Gasteiger partial charge in [0.1, 0.15) is 23.9 Å². The number of fused-ring (bicyclic) bond motifs is 1. The van der Waals surface area contributed by atoms with Gasteiger partial charge in [-0.1, -0.05) is 0 Å². The number of aromatic amines is 1. The van der Waals surface area contributed by atoms with Crippen molar-refractivity contribution in [3.05, 3.63) is 41.2 Å². The van der Waals surface area contributed by atoms with Crippen LogP contribution in [0.4, 0.5) is 5.69 Å². The molecular formula is C15H9N5O2. The molecule has 0 fully saturated rings. The predicted octanol–water partition coefficient (Wildman–Crippen LogP) is 2.19. The Morgan fingerprint density at radius 2 is 1.95 bits per heavy atom. The molecule has 2 rings (SSSR count). The molecule has 0 saturated carbocycles. The van der Waals surface area contributed by atoms with Crippen LogP contribution in [-0.2, 0) is 4.74 Å². The summed E-state index contributed by atoms with van der Waals surface area (Å²) in [4.78, 5) is 14.5. The Hall–Kier alpha value is -3.76. The Balaban J connectivity index is 2.43. The molecule has 0 atom stereocenters. The van der Waals surface area contributed by atoms with Crippen molar-refractivity contribution in [2.45, 2.75) is 0 Å². The van der Waals surface area contributed by atoms with Crippen molar-refractivity contribution in [1.82, 2.24) is 4.98 Å². The van der Waals surface area contributed by atoms with Crippen molar-refractivity contribution < 1.29 is 9.53 Å². The van der Waals surface area contributed by atoms with Crippen LogP contribution >= 0.6 is 0 Å². The maximum atomic E-state index is 11.6. The van der Waals surface area contributed by atoms with Crippen LogP contribution < -0.4 is 5.32 Å². The van der Waals surface area contributed by atoms with E-state index in [-0.39, 0.29) is 11.3 Å². The van der Waals surface area contributed by atoms with Crippen LogP contribution in [0, 0.1) is 34.0 Å². The lowest BCUT2D eigenvalue weighted by Crippen LogP contribution is -2.01. The molecule has 22 heavy (non-hydrogen) atoms. The number of hydrogen-bond donors (Lipinski definition) is 2. The highest BCUT2D eigenvalue weighted by Crippen LogP contribution is 2.23. The van der Waals surface area contributed by atoms with Crippen LogP contribution in [0.2, 0.25) is 0 Å². The van der Waals surface area contributed by atoms with Crippen molar-refractivity contribution in [2.24, 2.45) is 0 Å². The van der Waals surface area contributed by atoms with Crippen molar-refractivity contribution in [3.63, 3.8) is 0 Å². The quantitative estimate of drug-likeness (QED) is 0.659. The van der Waals surface area contributed by atoms with Gasteiger partial charge in [0.25, 0.3) is 0 Å². The number of benzene rings is 1. The number of nitrogens with zero attached hydrogens (tertiary/aromatic N) is 3. The second kappa shape index (κ2) is 6.13. The van der Waals surface area contributed by atoms with E-state index in [1.54, 1.807) is 36.4 Å². The minimum atomic E-state index is -0.458. The topological polar surface area (TPSA) is 125 Å². The van der Waals surface area contributed by atoms with Crippen LogP contribution in [0.15, 0.2) is 35.7 Å². The molecule has 0 aliphatic carbocycles. The van der Waals surface area contributed by atoms with E-state index >= 15 is 0 Å². The smallest absolute Gasteiger partial charge is 0.340 e. The first-order valence-electron chi connectivity index (χ1n) is 6.05. The molecule has 1 aromatic carbocycles. The first-order chi connectivity index (χ1) is 10.6. The summed E-state index contributed by atoms with van der Waals surface area (Å²) in [5.74, 6) is -0.458. The van der Waals surface area contributed by atoms with Gasteiger partial charge in [0.15, 0.2) is 5.57 Å². The van der Waals surface area contributed by atoms with E-state index in [0.29, 0.717) is 22.2 Å². The molecule has 0 aliphatic rings. The van der Waals surface area contributed by atoms with Gasteiger partial charge in [0, 0.05) is 22.8 Å². The number of ether oxygens (including phenoxy) is 1. The molecule has 106 valence electrons. The van der Waals surface area contributed by atoms with Crippen LogP contribution in [0.3, 0.4) is 0 Å². The lowest BCUT2D eigenvalue weighted by atomic mass is 10.1. The van der Waals surface area contributed by atoms with E-state index in [4.69, 9.17) is 15.8 Å². The van der Waals surface area contributed by atoms with Crippen molar-refractivity contribution >= 4 is 22.6 Å². The number of esters is 1. The summed E-state index contributed by atoms with van der Waals surface area (Å²) in [6, 6.07) is 10.0. The summed E-state index contributed by atoms with van der Waals surface area (Å²) in [5.41, 5.74) is 1.12. The third-order valence-electron chi connectivity index (χ3n) is 2.94. The minimum Gasteiger partial charge on any atom is -0.465 e. The fraction of sp³-hybridized carbons (Fsp3) is 0.0667. The number of allylic oxidation sites excluding steroid dienone is 2. The maximum absolute atomic E-state index is 11.6. The van der Waals surface area contributed by atoms with E-state index in [1.165, 1.54) is 13.3 Å². The largest absolute Gasteiger partial charge is 0.465 e. The molecule has 2 N–H and O–H groups in total. The fourth-order valence-electron chi connectivity index (χ4n) is 1.91. The standard InChI is InChI=1S/C15H9N5O2/c1-22-15(21)12-8-19-13-4-10(2-3-11(12)13)20-14(7-18)9(5-16)6-17/h2-4,8,19-20H,1H3. The number of H-pyrrole nitrogens is 1. The van der Waals surface area contributed by atoms with Crippen molar-refractivity contribution in [3.8, 4) is 18.2 Å². The Morgan fingerprint density at radius 1 is 1.23 bits per heavy atom. The number of aromatic nitrogens is 1. The molecule has 0 unspecified atom stereocenters. The lowest BCUT2D eigenvalue weighted by Gasteiger charge is -2.05. The molecule has 1 heterocycles. The summed E-state index contributed by atoms with van der Waals surface area (Å²) in [6.45, 7) is 0. The second-order valence-electron chi connectivity index (χ2n) is 4.16. The van der Waals surface area contributed by atoms with Gasteiger partial charge in [-0.2, -0.15) is 15.8 Å². The molecule has 0 aliphatic heterocycles. The number of nitrogens with one attached hydrogen (secondary N) is 2. The Bertz CT molecular complexity index is 887. The summed E-state index contributed by atoms with van der Waals surface area (Å²) < 4.78 is 4.68. The number of methoxy groups -OCH3 is 1. The van der Waals surface area contributed by atoms with Gasteiger partial charge in [0.05, 0.1) is 12.7 Å². The van der Waals surface area contributed by atoms with Crippen molar-refractivity contribution in [2.75, 3.05) is 12.4 Å². The number of hydrogen-bond acceptors (Lipinski definition) is 6. The molecule has 0 amide bonds. The zero-order valence-corrected chi connectivity index (χ0v) is 11.5. The van der Waals surface area contributed by atoms with E-state index in [1.807, 2.05) is 0 Å². The van der Waals surface area contributed by atoms with Gasteiger partial charge in [-0.3, -0.25) is 0 Å². The van der Waals surface area contributed by atoms with Gasteiger partial charge in [-0.05, 0) is 18.2 Å². The SMILES string of the molecule is COC(=O)c1c[nH]c2cc(NC(C#N)=C(C#N)C#N)ccc12. The minimum absolute atomic E-state index is 0.135. The number of anilines is 1. The first-order valence-corrected chi connectivity index (χ1v) is 6.05. The lowest BCUT2D eigenvalue weighted by molar-refractivity contribution is 0.0603. The molecule has 1 aromatic heterocycles. The summed E-state index contributed by atoms with van der Waals surface area (Å²) in [5, 5.41) is 30.0. The van der Waals surface area contributed by atoms with Gasteiger partial charge in [0.2, 0.25) is 0 Å². The summed E-state index contributed by atoms with van der Waals surface area (Å²) in [7, 11) is 1.30. The van der Waals surface area contributed by atoms with Gasteiger partial charge >= 0.3 is 5.97 Å². The molecular weight excluding hydrogens is 282 g/mol. The highest BCUT2D eigenvalue weighted by Gasteiger charge is 2.13. The number of carbonyl (C=O) groups excluding carboxylic acids is 1. The van der Waals surface area contributed by atoms with Gasteiger partial charge in [-0.25, -0.2) is 4.79 Å². The zero-order chi connectivity index (χ0) is 16.1. The fourth-order valence-corrected chi connectivity index (χ4v) is 1.91. The molecule has 2 aromatic rings. The molecule has 0 bridgehead atoms. The van der Waals surface area contributed by atoms with Gasteiger partial charge < -0.3 is 15.0 Å². The maximum Gasteiger partial charge on any atom is 0.340 e. The van der Waals surface area contributed by atoms with Crippen LogP contribution in [0.1, 0.15) is 10.4 Å². The normalized spacial score (nSPS) is 9.18. The number of rotatable bonds is 3. The van der Waals surface area contributed by atoms with E-state index in [9.17, 15) is 4.79 Å². The molecule has 7 heteroatoms. The average Bonchev–Trinajstić information content (AvgIpc) is 2.97. The van der Waals surface area contributed by atoms with E-state index in [0.717, 1.165) is 0 Å². The molecule has 7 nitrogen and oxygen atoms in total. The molecule has 0 radical (unpaired) electrons. The highest BCUT2D eigenvalue weighted by atomic mass is 16.5. The zero-order valence-electron chi connectivity index (χ0n) is 11.5. The summed E-state index contributed by atoms with van der Waals surface area (Å²) in [6.07, 6.45) is 1.53. The highest BCUT2D eigenvalue weighted by molar-refractivity contribution is 6.04. The molecule has 0 saturated heterocycles. The van der Waals surface area contributed by atoms with E-state index in [2.05, 4.69) is 15.0 Å². The van der Waals surface area contributed by atoms with Crippen LogP contribution in [-0.4, -0.2) is 18.1 Å². The monoisotopic (exact) mass is 291 g/mol. The third-order valence-corrected chi connectivity index (χ3v) is 2.94. The summed E-state index contributed by atoms with van der Waals surface area (Å²) >= 11 is 0. The Labute approximate surface area is 125 Å². The van der Waals surface area contributed by atoms with Gasteiger partial charge in [-0.15, -0.1) is 0 Å². The first kappa shape index (κ1) is 14.6. The van der Waals surface area contributed by atoms with E-state index < -0.39 is 5.97 Å². The second-order valence-corrected chi connectivity index (χ2v) is 4.16. The number of nitriles is 3. The molecule has 0 spiro atoms.